The Labute approximate surface area is 432 Å². The molecule has 7 heteroatoms. The van der Waals surface area contributed by atoms with Crippen molar-refractivity contribution in [3.8, 4) is 17.2 Å². The van der Waals surface area contributed by atoms with Gasteiger partial charge >= 0.3 is 0 Å². The minimum atomic E-state index is -3.16. The van der Waals surface area contributed by atoms with Gasteiger partial charge in [0.15, 0.2) is 16.1 Å². The van der Waals surface area contributed by atoms with Gasteiger partial charge in [0.25, 0.3) is 0 Å². The molecule has 350 valence electrons. The summed E-state index contributed by atoms with van der Waals surface area (Å²) in [7, 11) is -4.18. The molecule has 0 bridgehead atoms. The lowest BCUT2D eigenvalue weighted by atomic mass is 10.1. The molecule has 0 saturated carbocycles. The Balaban J connectivity index is 1.14. The predicted molar refractivity (Wildman–Crippen MR) is 314 cm³/mol. The van der Waals surface area contributed by atoms with Crippen molar-refractivity contribution in [3.05, 3.63) is 279 Å². The molecule has 13 aromatic rings. The number of fused-ring (bicyclic) bond motifs is 7. The maximum atomic E-state index is 5.23. The Morgan fingerprint density at radius 3 is 1.70 bits per heavy atom. The molecule has 74 heavy (non-hydrogen) atoms. The van der Waals surface area contributed by atoms with E-state index in [1.54, 1.807) is 0 Å². The second kappa shape index (κ2) is 17.6. The summed E-state index contributed by atoms with van der Waals surface area (Å²) < 4.78 is 4.67. The molecule has 14 rings (SSSR count). The lowest BCUT2D eigenvalue weighted by molar-refractivity contribution is 0.959. The molecular weight excluding hydrogens is 931 g/mol. The van der Waals surface area contributed by atoms with Crippen molar-refractivity contribution < 1.29 is 0 Å². The first-order valence-corrected chi connectivity index (χ1v) is 29.4. The van der Waals surface area contributed by atoms with Crippen molar-refractivity contribution in [1.82, 2.24) is 19.1 Å². The van der Waals surface area contributed by atoms with Crippen LogP contribution >= 0.6 is 0 Å². The Hall–Kier alpha value is -9.15. The minimum absolute atomic E-state index is 0.878. The SMILES string of the molecule is Cn1c(-c2cccc([Si](c3ccccc3)(c3ccccc3)c3ccc4c5c6c(ccc5n(-c5ccccn5)c4c3)N(c3ccccc3)c3ccccc3[Si]6(c3ccccc3)c3ccccc3)c2)nc2ccccc21. The quantitative estimate of drug-likeness (QED) is 0.107. The van der Waals surface area contributed by atoms with E-state index < -0.39 is 16.1 Å². The van der Waals surface area contributed by atoms with Crippen molar-refractivity contribution in [2.45, 2.75) is 0 Å². The smallest absolute Gasteiger partial charge is 0.184 e. The number of hydrogen-bond acceptors (Lipinski definition) is 3. The zero-order valence-electron chi connectivity index (χ0n) is 40.8. The number of imidazole rings is 1. The van der Waals surface area contributed by atoms with Crippen molar-refractivity contribution in [3.63, 3.8) is 0 Å². The summed E-state index contributed by atoms with van der Waals surface area (Å²) in [6.45, 7) is 0. The monoisotopic (exact) mass is 979 g/mol. The van der Waals surface area contributed by atoms with E-state index in [4.69, 9.17) is 9.97 Å². The third-order valence-electron chi connectivity index (χ3n) is 15.6. The molecule has 0 fully saturated rings. The minimum Gasteiger partial charge on any atom is -0.327 e. The van der Waals surface area contributed by atoms with Crippen LogP contribution in [0.4, 0.5) is 17.1 Å². The fourth-order valence-electron chi connectivity index (χ4n) is 12.5. The van der Waals surface area contributed by atoms with Crippen LogP contribution in [0.25, 0.3) is 50.0 Å². The summed E-state index contributed by atoms with van der Waals surface area (Å²) in [6, 6.07) is 102. The van der Waals surface area contributed by atoms with E-state index in [1.165, 1.54) is 63.6 Å². The van der Waals surface area contributed by atoms with Crippen LogP contribution in [0.3, 0.4) is 0 Å². The van der Waals surface area contributed by atoms with E-state index in [-0.39, 0.29) is 0 Å². The van der Waals surface area contributed by atoms with Gasteiger partial charge in [0, 0.05) is 46.6 Å². The molecule has 1 aliphatic rings. The number of hydrogen-bond donors (Lipinski definition) is 0. The molecule has 0 unspecified atom stereocenters. The second-order valence-electron chi connectivity index (χ2n) is 19.3. The Bertz CT molecular complexity index is 4120. The molecule has 5 nitrogen and oxygen atoms in total. The fraction of sp³-hybridized carbons (Fsp3) is 0.0149. The topological polar surface area (TPSA) is 38.9 Å². The zero-order chi connectivity index (χ0) is 49.2. The highest BCUT2D eigenvalue weighted by Gasteiger charge is 2.51. The van der Waals surface area contributed by atoms with Crippen LogP contribution in [0, 0.1) is 0 Å². The van der Waals surface area contributed by atoms with E-state index in [1.807, 2.05) is 12.3 Å². The van der Waals surface area contributed by atoms with E-state index in [0.717, 1.165) is 45.0 Å². The molecule has 4 heterocycles. The molecule has 0 radical (unpaired) electrons. The van der Waals surface area contributed by atoms with Crippen molar-refractivity contribution >= 4 is 108 Å². The average molecular weight is 980 g/mol. The van der Waals surface area contributed by atoms with Crippen LogP contribution in [0.1, 0.15) is 0 Å². The molecule has 0 N–H and O–H groups in total. The van der Waals surface area contributed by atoms with Gasteiger partial charge in [0.1, 0.15) is 11.6 Å². The summed E-state index contributed by atoms with van der Waals surface area (Å²) in [5.41, 5.74) is 8.97. The van der Waals surface area contributed by atoms with E-state index in [9.17, 15) is 0 Å². The summed E-state index contributed by atoms with van der Waals surface area (Å²) >= 11 is 0. The Morgan fingerprint density at radius 1 is 0.432 bits per heavy atom. The Kier molecular flexibility index (Phi) is 10.4. The highest BCUT2D eigenvalue weighted by atomic mass is 28.3. The summed E-state index contributed by atoms with van der Waals surface area (Å²) in [6.07, 6.45) is 1.93. The van der Waals surface area contributed by atoms with Crippen molar-refractivity contribution in [2.24, 2.45) is 7.05 Å². The highest BCUT2D eigenvalue weighted by molar-refractivity contribution is 7.22. The first-order chi connectivity index (χ1) is 36.7. The van der Waals surface area contributed by atoms with Crippen LogP contribution in [0.15, 0.2) is 279 Å². The maximum Gasteiger partial charge on any atom is 0.184 e. The third-order valence-corrected chi connectivity index (χ3v) is 25.2. The van der Waals surface area contributed by atoms with Gasteiger partial charge in [-0.3, -0.25) is 4.57 Å². The van der Waals surface area contributed by atoms with Crippen molar-refractivity contribution in [2.75, 3.05) is 4.90 Å². The zero-order valence-corrected chi connectivity index (χ0v) is 42.8. The summed E-state index contributed by atoms with van der Waals surface area (Å²) in [5.74, 6) is 1.83. The lowest BCUT2D eigenvalue weighted by Crippen LogP contribution is -2.77. The number of nitrogens with zero attached hydrogens (tertiary/aromatic N) is 5. The average Bonchev–Trinajstić information content (AvgIpc) is 4.11. The van der Waals surface area contributed by atoms with Crippen molar-refractivity contribution in [1.29, 1.82) is 0 Å². The van der Waals surface area contributed by atoms with Crippen LogP contribution in [-0.4, -0.2) is 35.2 Å². The molecule has 3 aromatic heterocycles. The highest BCUT2D eigenvalue weighted by Crippen LogP contribution is 2.43. The van der Waals surface area contributed by atoms with E-state index in [2.05, 4.69) is 288 Å². The number of anilines is 3. The van der Waals surface area contributed by atoms with Gasteiger partial charge < -0.3 is 9.47 Å². The van der Waals surface area contributed by atoms with Gasteiger partial charge in [0.05, 0.1) is 22.1 Å². The van der Waals surface area contributed by atoms with Gasteiger partial charge in [-0.1, -0.05) is 212 Å². The first kappa shape index (κ1) is 43.6. The predicted octanol–water partition coefficient (Wildman–Crippen LogP) is 10.3. The summed E-state index contributed by atoms with van der Waals surface area (Å²) in [4.78, 5) is 12.9. The molecule has 0 spiro atoms. The Morgan fingerprint density at radius 2 is 1.03 bits per heavy atom. The number of aryl methyl sites for hydroxylation is 1. The number of pyridine rings is 1. The summed E-state index contributed by atoms with van der Waals surface area (Å²) in [5, 5.41) is 13.0. The van der Waals surface area contributed by atoms with E-state index in [0.29, 0.717) is 0 Å². The van der Waals surface area contributed by atoms with Crippen LogP contribution in [-0.2, 0) is 7.05 Å². The molecule has 10 aromatic carbocycles. The molecule has 0 atom stereocenters. The molecular formula is C67H49N5Si2. The first-order valence-electron chi connectivity index (χ1n) is 25.4. The maximum absolute atomic E-state index is 5.23. The van der Waals surface area contributed by atoms with Crippen LogP contribution in [0.2, 0.25) is 0 Å². The molecule has 0 saturated heterocycles. The lowest BCUT2D eigenvalue weighted by Gasteiger charge is -2.45. The molecule has 0 aliphatic carbocycles. The van der Waals surface area contributed by atoms with Crippen LogP contribution < -0.4 is 46.4 Å². The number of rotatable bonds is 9. The van der Waals surface area contributed by atoms with Gasteiger partial charge in [-0.2, -0.15) is 0 Å². The standard InChI is InChI=1S/C67H49N5Si2/c1-70-58-37-18-17-36-57(58)69-67(70)48-24-23-35-54(46-48)73(50-27-9-3-10-28-50,51-29-11-4-12-30-51)55-41-42-56-62(47-55)72(64-40-21-22-45-68-64)60-43-44-61-66(65(56)60)74(52-31-13-5-14-32-52,53-33-15-6-16-34-53)63-39-20-19-38-59(63)71(61)49-25-7-2-8-26-49/h2-47H,1H3. The second-order valence-corrected chi connectivity index (χ2v) is 26.8. The van der Waals surface area contributed by atoms with Crippen LogP contribution in [0.5, 0.6) is 0 Å². The van der Waals surface area contributed by atoms with Gasteiger partial charge in [0.2, 0.25) is 0 Å². The van der Waals surface area contributed by atoms with E-state index >= 15 is 0 Å². The number of aromatic nitrogens is 4. The normalized spacial score (nSPS) is 13.0. The number of para-hydroxylation sites is 4. The van der Waals surface area contributed by atoms with Gasteiger partial charge in [-0.15, -0.1) is 0 Å². The van der Waals surface area contributed by atoms with Gasteiger partial charge in [-0.25, -0.2) is 9.97 Å². The third kappa shape index (κ3) is 6.47. The largest absolute Gasteiger partial charge is 0.327 e. The fourth-order valence-corrected chi connectivity index (χ4v) is 22.7. The number of benzene rings is 10. The molecule has 0 amide bonds. The van der Waals surface area contributed by atoms with Gasteiger partial charge in [-0.05, 0) is 102 Å². The molecule has 1 aliphatic heterocycles.